The fourth-order valence-corrected chi connectivity index (χ4v) is 8.62. The minimum absolute atomic E-state index is 0.221. The zero-order valence-electron chi connectivity index (χ0n) is 29.9. The number of aliphatic carboxylic acids is 1. The van der Waals surface area contributed by atoms with Crippen molar-refractivity contribution in [2.75, 3.05) is 25.5 Å². The van der Waals surface area contributed by atoms with Gasteiger partial charge in [0.05, 0.1) is 51.9 Å². The molecule has 53 heavy (non-hydrogen) atoms. The number of carbonyl (C=O) groups is 2. The lowest BCUT2D eigenvalue weighted by Crippen LogP contribution is -2.36. The van der Waals surface area contributed by atoms with Crippen molar-refractivity contribution in [3.05, 3.63) is 75.4 Å². The van der Waals surface area contributed by atoms with Gasteiger partial charge in [-0.05, 0) is 69.1 Å². The molecule has 2 fully saturated rings. The topological polar surface area (TPSA) is 155 Å². The van der Waals surface area contributed by atoms with E-state index in [1.807, 2.05) is 23.7 Å². The number of benzene rings is 1. The van der Waals surface area contributed by atoms with Crippen molar-refractivity contribution in [3.63, 3.8) is 0 Å². The van der Waals surface area contributed by atoms with Crippen LogP contribution in [0.5, 0.6) is 5.88 Å². The summed E-state index contributed by atoms with van der Waals surface area (Å²) in [5, 5.41) is 26.3. The molecule has 4 aromatic rings. The molecule has 280 valence electrons. The SMILES string of the molecule is COc1nc(-c2ccnc(-c3cccc(NC(=O)c4nc5c(n4C)CCN(C[C@H]4CC[C@H](C(=O)O)CC4)C5)c3Cl)c2Cl)ccc1CN[C@H]1CC[C@H](O)C1. The molecule has 0 unspecified atom stereocenters. The first kappa shape index (κ1) is 37.3. The lowest BCUT2D eigenvalue weighted by atomic mass is 9.81. The lowest BCUT2D eigenvalue weighted by Gasteiger charge is -2.33. The molecule has 2 atom stereocenters. The van der Waals surface area contributed by atoms with E-state index in [1.54, 1.807) is 37.6 Å². The van der Waals surface area contributed by atoms with Gasteiger partial charge in [-0.2, -0.15) is 0 Å². The third-order valence-corrected chi connectivity index (χ3v) is 11.8. The molecule has 7 rings (SSSR count). The maximum absolute atomic E-state index is 13.7. The van der Waals surface area contributed by atoms with Crippen LogP contribution in [0.4, 0.5) is 5.69 Å². The Morgan fingerprint density at radius 2 is 1.81 bits per heavy atom. The summed E-state index contributed by atoms with van der Waals surface area (Å²) in [5.41, 5.74) is 5.49. The van der Waals surface area contributed by atoms with Crippen LogP contribution in [0.2, 0.25) is 10.0 Å². The van der Waals surface area contributed by atoms with E-state index >= 15 is 0 Å². The Labute approximate surface area is 318 Å². The summed E-state index contributed by atoms with van der Waals surface area (Å²) in [4.78, 5) is 41.5. The number of fused-ring (bicyclic) bond motifs is 1. The second-order valence-corrected chi connectivity index (χ2v) is 15.2. The van der Waals surface area contributed by atoms with E-state index < -0.39 is 5.97 Å². The summed E-state index contributed by atoms with van der Waals surface area (Å²) >= 11 is 14.0. The molecular weight excluding hydrogens is 717 g/mol. The number of aromatic nitrogens is 4. The third kappa shape index (κ3) is 8.07. The number of methoxy groups -OCH3 is 1. The maximum atomic E-state index is 13.7. The second kappa shape index (κ2) is 16.1. The molecule has 0 radical (unpaired) electrons. The highest BCUT2D eigenvalue weighted by molar-refractivity contribution is 6.39. The summed E-state index contributed by atoms with van der Waals surface area (Å²) in [5.74, 6) is -0.0201. The van der Waals surface area contributed by atoms with Crippen molar-refractivity contribution in [3.8, 4) is 28.4 Å². The first-order valence-electron chi connectivity index (χ1n) is 18.3. The van der Waals surface area contributed by atoms with E-state index in [0.717, 1.165) is 81.4 Å². The number of hydrogen-bond donors (Lipinski definition) is 4. The van der Waals surface area contributed by atoms with E-state index in [1.165, 1.54) is 0 Å². The Hall–Kier alpha value is -4.07. The number of anilines is 1. The molecule has 4 N–H and O–H groups in total. The van der Waals surface area contributed by atoms with Gasteiger partial charge in [0, 0.05) is 74.3 Å². The highest BCUT2D eigenvalue weighted by Gasteiger charge is 2.31. The molecule has 12 nitrogen and oxygen atoms in total. The largest absolute Gasteiger partial charge is 0.481 e. The number of carboxylic acid groups (broad SMARTS) is 1. The van der Waals surface area contributed by atoms with Crippen LogP contribution in [0.25, 0.3) is 22.5 Å². The number of rotatable bonds is 11. The van der Waals surface area contributed by atoms with Gasteiger partial charge in [0.2, 0.25) is 5.88 Å². The van der Waals surface area contributed by atoms with Crippen molar-refractivity contribution in [2.45, 2.75) is 76.6 Å². The number of carbonyl (C=O) groups excluding carboxylic acids is 1. The van der Waals surface area contributed by atoms with Crippen LogP contribution in [0.3, 0.4) is 0 Å². The lowest BCUT2D eigenvalue weighted by molar-refractivity contribution is -0.143. The summed E-state index contributed by atoms with van der Waals surface area (Å²) in [7, 11) is 3.45. The number of ether oxygens (including phenoxy) is 1. The van der Waals surface area contributed by atoms with Crippen molar-refractivity contribution in [2.24, 2.45) is 18.9 Å². The van der Waals surface area contributed by atoms with Gasteiger partial charge in [-0.1, -0.05) is 41.4 Å². The molecule has 14 heteroatoms. The van der Waals surface area contributed by atoms with Gasteiger partial charge in [0.15, 0.2) is 5.82 Å². The highest BCUT2D eigenvalue weighted by atomic mass is 35.5. The van der Waals surface area contributed by atoms with E-state index in [0.29, 0.717) is 69.0 Å². The van der Waals surface area contributed by atoms with Gasteiger partial charge < -0.3 is 30.2 Å². The Morgan fingerprint density at radius 1 is 1.00 bits per heavy atom. The Morgan fingerprint density at radius 3 is 2.55 bits per heavy atom. The Bertz CT molecular complexity index is 2000. The van der Waals surface area contributed by atoms with Crippen molar-refractivity contribution in [1.82, 2.24) is 29.7 Å². The first-order chi connectivity index (χ1) is 25.6. The monoisotopic (exact) mass is 761 g/mol. The summed E-state index contributed by atoms with van der Waals surface area (Å²) in [6.07, 6.45) is 7.96. The second-order valence-electron chi connectivity index (χ2n) is 14.5. The van der Waals surface area contributed by atoms with E-state index in [9.17, 15) is 19.8 Å². The molecular formula is C39H45Cl2N7O5. The van der Waals surface area contributed by atoms with Crippen LogP contribution >= 0.6 is 23.2 Å². The zero-order chi connectivity index (χ0) is 37.2. The number of nitrogens with zero attached hydrogens (tertiary/aromatic N) is 5. The fraction of sp³-hybridized carbons (Fsp3) is 0.462. The first-order valence-corrected chi connectivity index (χ1v) is 19.0. The molecule has 0 saturated heterocycles. The average Bonchev–Trinajstić information content (AvgIpc) is 3.73. The van der Waals surface area contributed by atoms with Gasteiger partial charge in [0.25, 0.3) is 5.91 Å². The standard InChI is InChI=1S/C39H45Cl2N7O5/c1-47-32-15-17-48(20-22-6-8-23(9-7-22)39(51)52)21-31(32)44-36(47)37(50)45-30-5-3-4-28(33(30)40)35-34(41)27(14-16-42-35)29-13-10-24(38(46-29)53-2)19-43-25-11-12-26(49)18-25/h3-5,10,13-14,16,22-23,25-26,43,49H,6-9,11-12,15,17-21H2,1-2H3,(H,45,50)(H,51,52)/t22-,23-,25-,26-/m0/s1. The summed E-state index contributed by atoms with van der Waals surface area (Å²) < 4.78 is 7.50. The van der Waals surface area contributed by atoms with Crippen LogP contribution in [0, 0.1) is 11.8 Å². The van der Waals surface area contributed by atoms with Crippen LogP contribution in [0.1, 0.15) is 72.5 Å². The maximum Gasteiger partial charge on any atom is 0.306 e. The van der Waals surface area contributed by atoms with Crippen LogP contribution in [-0.4, -0.2) is 78.9 Å². The molecule has 4 heterocycles. The number of nitrogens with one attached hydrogen (secondary N) is 2. The minimum Gasteiger partial charge on any atom is -0.481 e. The number of carboxylic acids is 1. The smallest absolute Gasteiger partial charge is 0.306 e. The molecule has 0 bridgehead atoms. The number of aliphatic hydroxyl groups is 1. The Kier molecular flexibility index (Phi) is 11.3. The van der Waals surface area contributed by atoms with Crippen molar-refractivity contribution in [1.29, 1.82) is 0 Å². The predicted molar refractivity (Wildman–Crippen MR) is 203 cm³/mol. The minimum atomic E-state index is -0.685. The van der Waals surface area contributed by atoms with Gasteiger partial charge in [-0.25, -0.2) is 9.97 Å². The molecule has 1 aromatic carbocycles. The fourth-order valence-electron chi connectivity index (χ4n) is 8.05. The third-order valence-electron chi connectivity index (χ3n) is 11.0. The van der Waals surface area contributed by atoms with Gasteiger partial charge in [-0.15, -0.1) is 0 Å². The van der Waals surface area contributed by atoms with Gasteiger partial charge in [-0.3, -0.25) is 19.5 Å². The summed E-state index contributed by atoms with van der Waals surface area (Å²) in [6, 6.07) is 11.2. The number of halogens is 2. The molecule has 2 aliphatic carbocycles. The quantitative estimate of drug-likeness (QED) is 0.136. The molecule has 1 aliphatic heterocycles. The summed E-state index contributed by atoms with van der Waals surface area (Å²) in [6.45, 7) is 2.99. The van der Waals surface area contributed by atoms with Gasteiger partial charge in [0.1, 0.15) is 0 Å². The van der Waals surface area contributed by atoms with Crippen molar-refractivity contribution < 1.29 is 24.5 Å². The van der Waals surface area contributed by atoms with Crippen LogP contribution in [-0.2, 0) is 31.4 Å². The Balaban J connectivity index is 1.04. The highest BCUT2D eigenvalue weighted by Crippen LogP contribution is 2.40. The van der Waals surface area contributed by atoms with E-state index in [-0.39, 0.29) is 24.0 Å². The number of imidazole rings is 1. The molecule has 3 aliphatic rings. The molecule has 0 spiro atoms. The predicted octanol–water partition coefficient (Wildman–Crippen LogP) is 6.36. The molecule has 2 saturated carbocycles. The number of hydrogen-bond acceptors (Lipinski definition) is 9. The zero-order valence-corrected chi connectivity index (χ0v) is 31.5. The van der Waals surface area contributed by atoms with Crippen molar-refractivity contribution >= 4 is 40.8 Å². The normalized spacial score (nSPS) is 21.7. The molecule has 1 amide bonds. The van der Waals surface area contributed by atoms with Crippen LogP contribution < -0.4 is 15.4 Å². The van der Waals surface area contributed by atoms with E-state index in [4.69, 9.17) is 37.9 Å². The number of aliphatic hydroxyl groups excluding tert-OH is 1. The number of pyridine rings is 2. The number of amides is 1. The van der Waals surface area contributed by atoms with Crippen LogP contribution in [0.15, 0.2) is 42.6 Å². The van der Waals surface area contributed by atoms with Gasteiger partial charge >= 0.3 is 5.97 Å². The molecule has 3 aromatic heterocycles. The average molecular weight is 763 g/mol. The van der Waals surface area contributed by atoms with E-state index in [2.05, 4.69) is 20.5 Å².